The van der Waals surface area contributed by atoms with Crippen LogP contribution in [0.5, 0.6) is 0 Å². The number of hydrogen-bond acceptors (Lipinski definition) is 5. The Morgan fingerprint density at radius 2 is 2.07 bits per heavy atom. The average molecular weight is 523 g/mol. The van der Waals surface area contributed by atoms with Crippen LogP contribution in [-0.4, -0.2) is 76.2 Å². The number of halogens is 1. The summed E-state index contributed by atoms with van der Waals surface area (Å²) in [4.78, 5) is 9.63. The van der Waals surface area contributed by atoms with Gasteiger partial charge >= 0.3 is 0 Å². The number of sulfonamides is 1. The molecule has 3 rings (SSSR count). The van der Waals surface area contributed by atoms with E-state index in [0.717, 1.165) is 63.9 Å². The first kappa shape index (κ1) is 23.3. The highest BCUT2D eigenvalue weighted by atomic mass is 127. The van der Waals surface area contributed by atoms with Gasteiger partial charge in [-0.2, -0.15) is 0 Å². The van der Waals surface area contributed by atoms with Crippen LogP contribution in [0.15, 0.2) is 34.2 Å². The van der Waals surface area contributed by atoms with Crippen molar-refractivity contribution in [2.24, 2.45) is 10.1 Å². The minimum atomic E-state index is -3.70. The van der Waals surface area contributed by atoms with Crippen LogP contribution in [0.25, 0.3) is 0 Å². The Morgan fingerprint density at radius 1 is 1.32 bits per heavy atom. The monoisotopic (exact) mass is 523 g/mol. The minimum Gasteiger partial charge on any atom is -0.379 e. The molecule has 2 fully saturated rings. The number of ether oxygens (including phenoxy) is 1. The van der Waals surface area contributed by atoms with E-state index in [0.29, 0.717) is 12.6 Å². The van der Waals surface area contributed by atoms with Gasteiger partial charge in [0.05, 0.1) is 24.7 Å². The SMILES string of the molecule is CCNC(=NCc1cccc(S(N)(=O)=O)c1)N1CCC(N2CCOCC2)C1.I. The lowest BCUT2D eigenvalue weighted by Gasteiger charge is -2.32. The van der Waals surface area contributed by atoms with E-state index in [2.05, 4.69) is 15.1 Å². The fraction of sp³-hybridized carbons (Fsp3) is 0.611. The number of nitrogens with zero attached hydrogens (tertiary/aromatic N) is 3. The maximum Gasteiger partial charge on any atom is 0.238 e. The zero-order valence-electron chi connectivity index (χ0n) is 16.2. The molecule has 0 amide bonds. The highest BCUT2D eigenvalue weighted by Gasteiger charge is 2.30. The summed E-state index contributed by atoms with van der Waals surface area (Å²) in [5, 5.41) is 8.57. The fourth-order valence-corrected chi connectivity index (χ4v) is 4.17. The van der Waals surface area contributed by atoms with E-state index >= 15 is 0 Å². The first-order chi connectivity index (χ1) is 13.0. The molecule has 0 spiro atoms. The van der Waals surface area contributed by atoms with Crippen LogP contribution in [0.2, 0.25) is 0 Å². The predicted octanol–water partition coefficient (Wildman–Crippen LogP) is 0.824. The Morgan fingerprint density at radius 3 is 2.75 bits per heavy atom. The first-order valence-electron chi connectivity index (χ1n) is 9.44. The van der Waals surface area contributed by atoms with Crippen LogP contribution < -0.4 is 10.5 Å². The third kappa shape index (κ3) is 6.28. The summed E-state index contributed by atoms with van der Waals surface area (Å²) in [6.45, 7) is 8.76. The van der Waals surface area contributed by atoms with Gasteiger partial charge in [0.2, 0.25) is 10.0 Å². The number of hydrogen-bond donors (Lipinski definition) is 2. The summed E-state index contributed by atoms with van der Waals surface area (Å²) in [5.74, 6) is 0.870. The number of nitrogens with one attached hydrogen (secondary N) is 1. The topological polar surface area (TPSA) is 100 Å². The molecule has 1 aromatic rings. The second-order valence-electron chi connectivity index (χ2n) is 6.90. The summed E-state index contributed by atoms with van der Waals surface area (Å²) < 4.78 is 28.5. The zero-order valence-corrected chi connectivity index (χ0v) is 19.4. The molecule has 2 saturated heterocycles. The lowest BCUT2D eigenvalue weighted by atomic mass is 10.2. The summed E-state index contributed by atoms with van der Waals surface area (Å²) in [7, 11) is -3.70. The Hall–Kier alpha value is -0.950. The molecule has 2 heterocycles. The molecule has 0 bridgehead atoms. The van der Waals surface area contributed by atoms with Gasteiger partial charge in [-0.15, -0.1) is 24.0 Å². The second kappa shape index (κ2) is 10.7. The third-order valence-electron chi connectivity index (χ3n) is 5.00. The standard InChI is InChI=1S/C18H29N5O3S.HI/c1-2-20-18(21-13-15-4-3-5-17(12-15)27(19,24)25)23-7-6-16(14-23)22-8-10-26-11-9-22;/h3-5,12,16H,2,6-11,13-14H2,1H3,(H,20,21)(H2,19,24,25);1H. The molecule has 158 valence electrons. The lowest BCUT2D eigenvalue weighted by Crippen LogP contribution is -2.46. The van der Waals surface area contributed by atoms with Crippen molar-refractivity contribution in [3.8, 4) is 0 Å². The Bertz CT molecular complexity index is 768. The first-order valence-corrected chi connectivity index (χ1v) is 11.0. The van der Waals surface area contributed by atoms with Gasteiger partial charge < -0.3 is 15.0 Å². The second-order valence-corrected chi connectivity index (χ2v) is 8.46. The van der Waals surface area contributed by atoms with Crippen LogP contribution in [0.4, 0.5) is 0 Å². The molecular weight excluding hydrogens is 493 g/mol. The predicted molar refractivity (Wildman–Crippen MR) is 120 cm³/mol. The number of primary sulfonamides is 1. The van der Waals surface area contributed by atoms with Crippen molar-refractivity contribution in [3.05, 3.63) is 29.8 Å². The average Bonchev–Trinajstić information content (AvgIpc) is 3.15. The van der Waals surface area contributed by atoms with E-state index in [1.807, 2.05) is 13.0 Å². The van der Waals surface area contributed by atoms with Gasteiger partial charge in [-0.05, 0) is 31.0 Å². The highest BCUT2D eigenvalue weighted by Crippen LogP contribution is 2.17. The molecule has 2 aliphatic rings. The van der Waals surface area contributed by atoms with Crippen molar-refractivity contribution >= 4 is 40.0 Å². The molecule has 0 aromatic heterocycles. The van der Waals surface area contributed by atoms with Crippen molar-refractivity contribution in [3.63, 3.8) is 0 Å². The van der Waals surface area contributed by atoms with E-state index in [-0.39, 0.29) is 28.9 Å². The molecule has 2 aliphatic heterocycles. The number of aliphatic imine (C=N–C) groups is 1. The summed E-state index contributed by atoms with van der Waals surface area (Å²) in [6, 6.07) is 7.18. The van der Waals surface area contributed by atoms with E-state index in [1.165, 1.54) is 6.07 Å². The van der Waals surface area contributed by atoms with Gasteiger partial charge in [-0.25, -0.2) is 18.5 Å². The van der Waals surface area contributed by atoms with Gasteiger partial charge in [-0.3, -0.25) is 4.90 Å². The molecule has 8 nitrogen and oxygen atoms in total. The van der Waals surface area contributed by atoms with Crippen LogP contribution >= 0.6 is 24.0 Å². The summed E-state index contributed by atoms with van der Waals surface area (Å²) in [6.07, 6.45) is 1.12. The molecule has 10 heteroatoms. The molecule has 1 aromatic carbocycles. The van der Waals surface area contributed by atoms with Crippen LogP contribution in [0.3, 0.4) is 0 Å². The normalized spacial score (nSPS) is 21.4. The highest BCUT2D eigenvalue weighted by molar-refractivity contribution is 14.0. The Labute approximate surface area is 184 Å². The largest absolute Gasteiger partial charge is 0.379 e. The van der Waals surface area contributed by atoms with E-state index in [4.69, 9.17) is 14.9 Å². The molecule has 1 atom stereocenters. The molecule has 28 heavy (non-hydrogen) atoms. The van der Waals surface area contributed by atoms with Crippen molar-refractivity contribution in [1.29, 1.82) is 0 Å². The van der Waals surface area contributed by atoms with E-state index < -0.39 is 10.0 Å². The Balaban J connectivity index is 0.00000280. The van der Waals surface area contributed by atoms with Crippen LogP contribution in [0.1, 0.15) is 18.9 Å². The molecule has 0 aliphatic carbocycles. The van der Waals surface area contributed by atoms with Crippen molar-refractivity contribution in [2.45, 2.75) is 30.8 Å². The number of likely N-dealkylation sites (tertiary alicyclic amines) is 1. The number of guanidine groups is 1. The van der Waals surface area contributed by atoms with Gasteiger partial charge in [0.25, 0.3) is 0 Å². The van der Waals surface area contributed by atoms with Gasteiger partial charge in [0.15, 0.2) is 5.96 Å². The zero-order chi connectivity index (χ0) is 19.3. The number of benzene rings is 1. The smallest absolute Gasteiger partial charge is 0.238 e. The maximum atomic E-state index is 11.5. The number of morpholine rings is 1. The molecule has 0 saturated carbocycles. The van der Waals surface area contributed by atoms with E-state index in [1.54, 1.807) is 12.1 Å². The number of nitrogens with two attached hydrogens (primary N) is 1. The summed E-state index contributed by atoms with van der Waals surface area (Å²) in [5.41, 5.74) is 0.820. The Kier molecular flexibility index (Phi) is 8.93. The van der Waals surface area contributed by atoms with Crippen molar-refractivity contribution in [1.82, 2.24) is 15.1 Å². The molecule has 0 radical (unpaired) electrons. The third-order valence-corrected chi connectivity index (χ3v) is 5.91. The fourth-order valence-electron chi connectivity index (χ4n) is 3.59. The quantitative estimate of drug-likeness (QED) is 0.337. The maximum absolute atomic E-state index is 11.5. The molecular formula is C18H30IN5O3S. The number of rotatable bonds is 5. The van der Waals surface area contributed by atoms with Gasteiger partial charge in [0.1, 0.15) is 0 Å². The molecule has 1 unspecified atom stereocenters. The van der Waals surface area contributed by atoms with Gasteiger partial charge in [0, 0.05) is 38.8 Å². The van der Waals surface area contributed by atoms with Crippen LogP contribution in [0, 0.1) is 0 Å². The van der Waals surface area contributed by atoms with E-state index in [9.17, 15) is 8.42 Å². The van der Waals surface area contributed by atoms with Crippen LogP contribution in [-0.2, 0) is 21.3 Å². The summed E-state index contributed by atoms with van der Waals surface area (Å²) >= 11 is 0. The molecule has 3 N–H and O–H groups in total. The van der Waals surface area contributed by atoms with Crippen molar-refractivity contribution in [2.75, 3.05) is 45.9 Å². The van der Waals surface area contributed by atoms with Crippen molar-refractivity contribution < 1.29 is 13.2 Å². The minimum absolute atomic E-state index is 0. The van der Waals surface area contributed by atoms with Gasteiger partial charge in [-0.1, -0.05) is 12.1 Å². The lowest BCUT2D eigenvalue weighted by molar-refractivity contribution is 0.0195.